The summed E-state index contributed by atoms with van der Waals surface area (Å²) < 4.78 is 5.06. The first-order valence-electron chi connectivity index (χ1n) is 16.8. The van der Waals surface area contributed by atoms with Gasteiger partial charge in [0.2, 0.25) is 0 Å². The van der Waals surface area contributed by atoms with Crippen LogP contribution in [0.2, 0.25) is 0 Å². The molecule has 0 unspecified atom stereocenters. The molecule has 0 aliphatic carbocycles. The van der Waals surface area contributed by atoms with Gasteiger partial charge >= 0.3 is 0 Å². The van der Waals surface area contributed by atoms with Crippen molar-refractivity contribution in [2.75, 3.05) is 0 Å². The highest BCUT2D eigenvalue weighted by atomic mass is 32.1. The van der Waals surface area contributed by atoms with Crippen molar-refractivity contribution in [3.05, 3.63) is 158 Å². The summed E-state index contributed by atoms with van der Waals surface area (Å²) in [5.41, 5.74) is 9.02. The number of para-hydroxylation sites is 2. The second-order valence-corrected chi connectivity index (χ2v) is 13.9. The molecule has 0 amide bonds. The third kappa shape index (κ3) is 3.95. The minimum absolute atomic E-state index is 0.653. The summed E-state index contributed by atoms with van der Waals surface area (Å²) in [7, 11) is 0. The fourth-order valence-corrected chi connectivity index (χ4v) is 9.00. The maximum atomic E-state index is 5.03. The Labute approximate surface area is 290 Å². The van der Waals surface area contributed by atoms with Gasteiger partial charge in [0.1, 0.15) is 0 Å². The highest BCUT2D eigenvalue weighted by molar-refractivity contribution is 7.26. The largest absolute Gasteiger partial charge is 0.308 e. The van der Waals surface area contributed by atoms with E-state index in [0.717, 1.165) is 22.3 Å². The van der Waals surface area contributed by atoms with Gasteiger partial charge in [0.15, 0.2) is 17.5 Å². The Balaban J connectivity index is 1.17. The molecule has 0 saturated carbocycles. The van der Waals surface area contributed by atoms with E-state index in [2.05, 4.69) is 101 Å². The molecular formula is C45H26N4S. The molecule has 4 aromatic heterocycles. The summed E-state index contributed by atoms with van der Waals surface area (Å²) in [6.07, 6.45) is 0. The Morgan fingerprint density at radius 2 is 0.940 bits per heavy atom. The number of hydrogen-bond acceptors (Lipinski definition) is 4. The summed E-state index contributed by atoms with van der Waals surface area (Å²) in [5, 5.41) is 7.85. The molecular weight excluding hydrogens is 629 g/mol. The molecule has 50 heavy (non-hydrogen) atoms. The van der Waals surface area contributed by atoms with Gasteiger partial charge in [-0.05, 0) is 41.5 Å². The molecule has 0 atom stereocenters. The van der Waals surface area contributed by atoms with Crippen LogP contribution in [0.3, 0.4) is 0 Å². The van der Waals surface area contributed by atoms with Crippen molar-refractivity contribution in [3.8, 4) is 45.3 Å². The van der Waals surface area contributed by atoms with Crippen LogP contribution in [0.15, 0.2) is 158 Å². The number of nitrogens with zero attached hydrogens (tertiary/aromatic N) is 4. The number of hydrogen-bond donors (Lipinski definition) is 0. The lowest BCUT2D eigenvalue weighted by Crippen LogP contribution is -2.00. The fraction of sp³-hybridized carbons (Fsp3) is 0. The van der Waals surface area contributed by atoms with E-state index in [1.165, 1.54) is 63.8 Å². The van der Waals surface area contributed by atoms with Gasteiger partial charge in [0, 0.05) is 58.4 Å². The summed E-state index contributed by atoms with van der Waals surface area (Å²) >= 11 is 1.88. The van der Waals surface area contributed by atoms with E-state index in [9.17, 15) is 0 Å². The second kappa shape index (κ2) is 10.5. The van der Waals surface area contributed by atoms with E-state index < -0.39 is 0 Å². The van der Waals surface area contributed by atoms with E-state index >= 15 is 0 Å². The summed E-state index contributed by atoms with van der Waals surface area (Å²) in [5.74, 6) is 1.97. The summed E-state index contributed by atoms with van der Waals surface area (Å²) in [6, 6.07) is 55.8. The van der Waals surface area contributed by atoms with Crippen LogP contribution < -0.4 is 0 Å². The van der Waals surface area contributed by atoms with E-state index in [4.69, 9.17) is 15.0 Å². The van der Waals surface area contributed by atoms with Gasteiger partial charge in [-0.1, -0.05) is 127 Å². The normalized spacial score (nSPS) is 12.0. The predicted octanol–water partition coefficient (Wildman–Crippen LogP) is 12.1. The topological polar surface area (TPSA) is 43.1 Å². The fourth-order valence-electron chi connectivity index (χ4n) is 7.82. The minimum Gasteiger partial charge on any atom is -0.308 e. The summed E-state index contributed by atoms with van der Waals surface area (Å²) in [4.78, 5) is 15.0. The lowest BCUT2D eigenvalue weighted by atomic mass is 9.95. The first kappa shape index (κ1) is 27.5. The molecule has 7 aromatic carbocycles. The Kier molecular flexibility index (Phi) is 5.80. The molecule has 0 spiro atoms. The Hall–Kier alpha value is -6.43. The van der Waals surface area contributed by atoms with Crippen LogP contribution in [0, 0.1) is 0 Å². The lowest BCUT2D eigenvalue weighted by molar-refractivity contribution is 1.07. The second-order valence-electron chi connectivity index (χ2n) is 12.8. The smallest absolute Gasteiger partial charge is 0.164 e. The van der Waals surface area contributed by atoms with Gasteiger partial charge in [-0.15, -0.1) is 11.3 Å². The Bertz CT molecular complexity index is 3030. The third-order valence-corrected chi connectivity index (χ3v) is 11.1. The van der Waals surface area contributed by atoms with Crippen molar-refractivity contribution in [3.63, 3.8) is 0 Å². The average Bonchev–Trinajstić information content (AvgIpc) is 3.85. The van der Waals surface area contributed by atoms with Crippen LogP contribution in [0.1, 0.15) is 0 Å². The van der Waals surface area contributed by atoms with E-state index in [1.807, 2.05) is 72.0 Å². The Morgan fingerprint density at radius 1 is 0.380 bits per heavy atom. The summed E-state index contributed by atoms with van der Waals surface area (Å²) in [6.45, 7) is 0. The van der Waals surface area contributed by atoms with Gasteiger partial charge in [-0.25, -0.2) is 15.0 Å². The maximum absolute atomic E-state index is 5.03. The first-order chi connectivity index (χ1) is 24.8. The molecule has 0 aliphatic rings. The van der Waals surface area contributed by atoms with Gasteiger partial charge in [-0.3, -0.25) is 0 Å². The number of aromatic nitrogens is 4. The molecule has 5 heteroatoms. The molecule has 0 fully saturated rings. The average molecular weight is 655 g/mol. The molecule has 0 aliphatic heterocycles. The zero-order valence-electron chi connectivity index (χ0n) is 26.7. The molecule has 0 radical (unpaired) electrons. The maximum Gasteiger partial charge on any atom is 0.164 e. The Morgan fingerprint density at radius 3 is 1.66 bits per heavy atom. The van der Waals surface area contributed by atoms with Crippen LogP contribution in [-0.2, 0) is 0 Å². The third-order valence-electron chi connectivity index (χ3n) is 9.96. The van der Waals surface area contributed by atoms with Gasteiger partial charge in [-0.2, -0.15) is 0 Å². The van der Waals surface area contributed by atoms with Crippen molar-refractivity contribution in [1.29, 1.82) is 0 Å². The van der Waals surface area contributed by atoms with Crippen LogP contribution in [0.4, 0.5) is 0 Å². The van der Waals surface area contributed by atoms with Crippen LogP contribution in [0.5, 0.6) is 0 Å². The molecule has 232 valence electrons. The number of rotatable bonds is 4. The van der Waals surface area contributed by atoms with Crippen molar-refractivity contribution in [2.24, 2.45) is 0 Å². The van der Waals surface area contributed by atoms with Crippen LogP contribution in [-0.4, -0.2) is 19.4 Å². The lowest BCUT2D eigenvalue weighted by Gasteiger charge is -2.10. The van der Waals surface area contributed by atoms with E-state index in [-0.39, 0.29) is 0 Å². The highest BCUT2D eigenvalue weighted by Crippen LogP contribution is 2.49. The SMILES string of the molecule is c1ccc(-c2nc(-c3ccccc3)nc(-c3cccc(-c4cccc5sc6cc7c8ccccc8n8c9ccccc9c(c6c45)c78)c3)n2)cc1. The molecule has 0 bridgehead atoms. The molecule has 0 N–H and O–H groups in total. The molecule has 0 saturated heterocycles. The number of thiophene rings is 1. The highest BCUT2D eigenvalue weighted by Gasteiger charge is 2.23. The quantitative estimate of drug-likeness (QED) is 0.190. The van der Waals surface area contributed by atoms with Crippen LogP contribution in [0.25, 0.3) is 104 Å². The zero-order valence-corrected chi connectivity index (χ0v) is 27.5. The first-order valence-corrected chi connectivity index (χ1v) is 17.6. The zero-order chi connectivity index (χ0) is 32.8. The molecule has 11 rings (SSSR count). The molecule has 4 nitrogen and oxygen atoms in total. The van der Waals surface area contributed by atoms with Crippen molar-refractivity contribution >= 4 is 69.6 Å². The van der Waals surface area contributed by atoms with Gasteiger partial charge in [0.25, 0.3) is 0 Å². The molecule has 11 aromatic rings. The molecule has 4 heterocycles. The number of fused-ring (bicyclic) bond motifs is 10. The van der Waals surface area contributed by atoms with Crippen molar-refractivity contribution in [1.82, 2.24) is 19.4 Å². The number of benzene rings is 7. The van der Waals surface area contributed by atoms with Crippen molar-refractivity contribution in [2.45, 2.75) is 0 Å². The van der Waals surface area contributed by atoms with E-state index in [1.54, 1.807) is 0 Å². The standard InChI is InChI=1S/C45H26N4S/c1-3-13-27(14-4-1)43-46-44(28-15-5-2-6-16-28)48-45(47-43)30-18-11-17-29(25-30)31-21-12-24-37-39(31)41-38(50-37)26-34-32-19-7-9-22-35(32)49-36-23-10-8-20-33(36)40(41)42(34)49/h1-26H. The van der Waals surface area contributed by atoms with Crippen molar-refractivity contribution < 1.29 is 0 Å². The predicted molar refractivity (Wildman–Crippen MR) is 209 cm³/mol. The van der Waals surface area contributed by atoms with E-state index in [0.29, 0.717) is 17.5 Å². The van der Waals surface area contributed by atoms with Gasteiger partial charge < -0.3 is 4.40 Å². The van der Waals surface area contributed by atoms with Crippen LogP contribution >= 0.6 is 11.3 Å². The van der Waals surface area contributed by atoms with Gasteiger partial charge in [0.05, 0.1) is 16.6 Å². The minimum atomic E-state index is 0.653. The monoisotopic (exact) mass is 654 g/mol.